The summed E-state index contributed by atoms with van der Waals surface area (Å²) in [5.74, 6) is -1.07. The van der Waals surface area contributed by atoms with E-state index in [4.69, 9.17) is 16.3 Å². The first-order valence-corrected chi connectivity index (χ1v) is 12.2. The Labute approximate surface area is 208 Å². The molecule has 35 heavy (non-hydrogen) atoms. The molecule has 0 saturated heterocycles. The highest BCUT2D eigenvalue weighted by molar-refractivity contribution is 7.16. The number of hydrogen-bond acceptors (Lipinski definition) is 8. The number of fused-ring (bicyclic) bond motifs is 3. The average Bonchev–Trinajstić information content (AvgIpc) is 3.48. The van der Waals surface area contributed by atoms with Crippen molar-refractivity contribution in [2.45, 2.75) is 25.6 Å². The number of rotatable bonds is 5. The van der Waals surface area contributed by atoms with Crippen LogP contribution in [-0.2, 0) is 12.6 Å². The lowest BCUT2D eigenvalue weighted by Gasteiger charge is -2.32. The Balaban J connectivity index is 1.48. The van der Waals surface area contributed by atoms with Crippen molar-refractivity contribution < 1.29 is 27.8 Å². The number of thiazole rings is 1. The highest BCUT2D eigenvalue weighted by Gasteiger charge is 2.35. The SMILES string of the molecule is Cc1nn2c3c(nc2s1)CCN(C=COc1ccc(C(F)(F)F)cc1Cl)C3c1nc(C(=O)O)cs1. The minimum absolute atomic E-state index is 0.0643. The second-order valence-corrected chi connectivity index (χ2v) is 10.0. The van der Waals surface area contributed by atoms with Gasteiger partial charge in [-0.15, -0.1) is 11.3 Å². The fourth-order valence-electron chi connectivity index (χ4n) is 3.77. The van der Waals surface area contributed by atoms with Crippen LogP contribution < -0.4 is 4.74 Å². The van der Waals surface area contributed by atoms with Gasteiger partial charge in [-0.2, -0.15) is 18.3 Å². The first-order chi connectivity index (χ1) is 16.6. The highest BCUT2D eigenvalue weighted by Crippen LogP contribution is 2.38. The van der Waals surface area contributed by atoms with Crippen LogP contribution in [0.2, 0.25) is 5.02 Å². The van der Waals surface area contributed by atoms with Gasteiger partial charge in [-0.1, -0.05) is 22.9 Å². The molecule has 0 aliphatic carbocycles. The molecule has 4 aromatic rings. The quantitative estimate of drug-likeness (QED) is 0.337. The molecular formula is C21H15ClF3N5O3S2. The lowest BCUT2D eigenvalue weighted by Crippen LogP contribution is -2.33. The van der Waals surface area contributed by atoms with Gasteiger partial charge in [0.25, 0.3) is 0 Å². The van der Waals surface area contributed by atoms with E-state index >= 15 is 0 Å². The van der Waals surface area contributed by atoms with E-state index in [9.17, 15) is 23.1 Å². The largest absolute Gasteiger partial charge is 0.476 e. The maximum absolute atomic E-state index is 12.9. The van der Waals surface area contributed by atoms with Crippen LogP contribution in [0.4, 0.5) is 13.2 Å². The fraction of sp³-hybridized carbons (Fsp3) is 0.238. The summed E-state index contributed by atoms with van der Waals surface area (Å²) in [5, 5.41) is 16.5. The van der Waals surface area contributed by atoms with Crippen molar-refractivity contribution in [2.75, 3.05) is 6.54 Å². The molecule has 0 radical (unpaired) electrons. The summed E-state index contributed by atoms with van der Waals surface area (Å²) in [7, 11) is 0. The number of imidazole rings is 1. The standard InChI is InChI=1S/C21H15ClF3N5O3S2/c1-10-28-30-16-13(27-20(30)35-10)4-5-29(17(16)18-26-14(9-34-18)19(31)32)6-7-33-15-3-2-11(8-12(15)22)21(23,24)25/h2-3,6-9,17H,4-5H2,1H3,(H,31,32). The van der Waals surface area contributed by atoms with Crippen molar-refractivity contribution in [3.63, 3.8) is 0 Å². The number of carboxylic acid groups (broad SMARTS) is 1. The van der Waals surface area contributed by atoms with E-state index in [1.807, 2.05) is 11.8 Å². The lowest BCUT2D eigenvalue weighted by atomic mass is 10.0. The van der Waals surface area contributed by atoms with E-state index in [0.29, 0.717) is 18.0 Å². The average molecular weight is 542 g/mol. The topological polar surface area (TPSA) is 92.9 Å². The molecule has 1 aliphatic rings. The van der Waals surface area contributed by atoms with Gasteiger partial charge in [-0.25, -0.2) is 19.3 Å². The molecule has 4 heterocycles. The van der Waals surface area contributed by atoms with Gasteiger partial charge in [-0.05, 0) is 25.1 Å². The van der Waals surface area contributed by atoms with E-state index < -0.39 is 23.8 Å². The second kappa shape index (κ2) is 8.81. The van der Waals surface area contributed by atoms with Gasteiger partial charge in [-0.3, -0.25) is 0 Å². The summed E-state index contributed by atoms with van der Waals surface area (Å²) < 4.78 is 45.9. The van der Waals surface area contributed by atoms with Gasteiger partial charge in [0.15, 0.2) is 5.69 Å². The molecule has 1 atom stereocenters. The molecule has 0 spiro atoms. The number of halogens is 4. The first kappa shape index (κ1) is 23.6. The number of carbonyl (C=O) groups is 1. The smallest absolute Gasteiger partial charge is 0.416 e. The Morgan fingerprint density at radius 1 is 1.34 bits per heavy atom. The normalized spacial score (nSPS) is 16.3. The van der Waals surface area contributed by atoms with Crippen molar-refractivity contribution >= 4 is 45.2 Å². The zero-order valence-electron chi connectivity index (χ0n) is 17.8. The molecule has 3 aromatic heterocycles. The van der Waals surface area contributed by atoms with Gasteiger partial charge in [0, 0.05) is 24.5 Å². The van der Waals surface area contributed by atoms with Crippen LogP contribution in [0, 0.1) is 6.92 Å². The van der Waals surface area contributed by atoms with Crippen LogP contribution in [0.15, 0.2) is 36.0 Å². The molecule has 1 N–H and O–H groups in total. The maximum atomic E-state index is 12.9. The number of alkyl halides is 3. The monoisotopic (exact) mass is 541 g/mol. The summed E-state index contributed by atoms with van der Waals surface area (Å²) in [5.41, 5.74) is 0.684. The Morgan fingerprint density at radius 2 is 2.14 bits per heavy atom. The van der Waals surface area contributed by atoms with Crippen LogP contribution in [0.5, 0.6) is 5.75 Å². The molecule has 1 unspecified atom stereocenters. The minimum Gasteiger partial charge on any atom is -0.476 e. The number of aromatic nitrogens is 4. The van der Waals surface area contributed by atoms with Crippen LogP contribution >= 0.6 is 34.3 Å². The van der Waals surface area contributed by atoms with E-state index in [1.165, 1.54) is 34.3 Å². The predicted octanol–water partition coefficient (Wildman–Crippen LogP) is 5.42. The van der Waals surface area contributed by atoms with Crippen LogP contribution in [0.25, 0.3) is 4.96 Å². The van der Waals surface area contributed by atoms with Gasteiger partial charge < -0.3 is 14.7 Å². The minimum atomic E-state index is -4.51. The van der Waals surface area contributed by atoms with Crippen molar-refractivity contribution in [1.82, 2.24) is 24.5 Å². The molecule has 0 bridgehead atoms. The van der Waals surface area contributed by atoms with Crippen LogP contribution in [0.3, 0.4) is 0 Å². The van der Waals surface area contributed by atoms with Crippen molar-refractivity contribution in [3.05, 3.63) is 73.7 Å². The zero-order valence-corrected chi connectivity index (χ0v) is 20.2. The lowest BCUT2D eigenvalue weighted by molar-refractivity contribution is -0.137. The number of nitrogens with zero attached hydrogens (tertiary/aromatic N) is 5. The molecule has 0 saturated carbocycles. The summed E-state index contributed by atoms with van der Waals surface area (Å²) in [4.78, 5) is 23.0. The first-order valence-electron chi connectivity index (χ1n) is 10.1. The fourth-order valence-corrected chi connectivity index (χ4v) is 5.67. The third kappa shape index (κ3) is 4.46. The van der Waals surface area contributed by atoms with Gasteiger partial charge in [0.1, 0.15) is 28.1 Å². The van der Waals surface area contributed by atoms with Crippen molar-refractivity contribution in [1.29, 1.82) is 0 Å². The molecule has 5 rings (SSSR count). The van der Waals surface area contributed by atoms with Gasteiger partial charge in [0.2, 0.25) is 4.96 Å². The number of aromatic carboxylic acids is 1. The molecule has 8 nitrogen and oxygen atoms in total. The number of benzene rings is 1. The summed E-state index contributed by atoms with van der Waals surface area (Å²) >= 11 is 8.63. The van der Waals surface area contributed by atoms with Gasteiger partial charge in [0.05, 0.1) is 22.0 Å². The third-order valence-electron chi connectivity index (χ3n) is 5.29. The van der Waals surface area contributed by atoms with E-state index in [-0.39, 0.29) is 16.5 Å². The van der Waals surface area contributed by atoms with Gasteiger partial charge >= 0.3 is 12.1 Å². The van der Waals surface area contributed by atoms with E-state index in [0.717, 1.165) is 39.6 Å². The van der Waals surface area contributed by atoms with Crippen molar-refractivity contribution in [3.8, 4) is 5.75 Å². The summed E-state index contributed by atoms with van der Waals surface area (Å²) in [6, 6.07) is 2.36. The Bertz CT molecular complexity index is 1460. The molecular weight excluding hydrogens is 527 g/mol. The molecule has 0 fully saturated rings. The Morgan fingerprint density at radius 3 is 2.83 bits per heavy atom. The van der Waals surface area contributed by atoms with E-state index in [2.05, 4.69) is 15.1 Å². The Kier molecular flexibility index (Phi) is 5.93. The number of aryl methyl sites for hydroxylation is 1. The molecule has 14 heteroatoms. The summed E-state index contributed by atoms with van der Waals surface area (Å²) in [6.07, 6.45) is -0.960. The van der Waals surface area contributed by atoms with Crippen molar-refractivity contribution in [2.24, 2.45) is 0 Å². The second-order valence-electron chi connectivity index (χ2n) is 7.57. The third-order valence-corrected chi connectivity index (χ3v) is 7.31. The molecule has 182 valence electrons. The molecule has 1 aliphatic heterocycles. The summed E-state index contributed by atoms with van der Waals surface area (Å²) in [6.45, 7) is 2.39. The molecule has 0 amide bonds. The van der Waals surface area contributed by atoms with Crippen LogP contribution in [-0.4, -0.2) is 42.1 Å². The Hall–Kier alpha value is -3.16. The van der Waals surface area contributed by atoms with Crippen LogP contribution in [0.1, 0.15) is 43.5 Å². The predicted molar refractivity (Wildman–Crippen MR) is 123 cm³/mol. The van der Waals surface area contributed by atoms with E-state index in [1.54, 1.807) is 10.7 Å². The zero-order chi connectivity index (χ0) is 24.9. The molecule has 1 aromatic carbocycles. The number of hydrogen-bond donors (Lipinski definition) is 1. The number of ether oxygens (including phenoxy) is 1. The maximum Gasteiger partial charge on any atom is 0.416 e. The number of carboxylic acids is 1. The highest BCUT2D eigenvalue weighted by atomic mass is 35.5.